The lowest BCUT2D eigenvalue weighted by molar-refractivity contribution is 0.0709. The number of rotatable bonds is 1. The number of benzene rings is 1. The van der Waals surface area contributed by atoms with Crippen molar-refractivity contribution in [3.8, 4) is 0 Å². The van der Waals surface area contributed by atoms with Gasteiger partial charge in [-0.1, -0.05) is 0 Å². The highest BCUT2D eigenvalue weighted by Crippen LogP contribution is 2.09. The Bertz CT molecular complexity index is 377. The van der Waals surface area contributed by atoms with Gasteiger partial charge in [0.2, 0.25) is 0 Å². The Morgan fingerprint density at radius 2 is 2.12 bits per heavy atom. The van der Waals surface area contributed by atoms with Crippen LogP contribution in [0.2, 0.25) is 0 Å². The van der Waals surface area contributed by atoms with Crippen molar-refractivity contribution in [2.45, 2.75) is 13.0 Å². The van der Waals surface area contributed by atoms with Gasteiger partial charge in [-0.2, -0.15) is 0 Å². The van der Waals surface area contributed by atoms with Gasteiger partial charge >= 0.3 is 0 Å². The summed E-state index contributed by atoms with van der Waals surface area (Å²) in [6.07, 6.45) is 0. The molecule has 86 valence electrons. The van der Waals surface area contributed by atoms with Crippen molar-refractivity contribution < 1.29 is 9.18 Å². The molecule has 3 nitrogen and oxygen atoms in total. The van der Waals surface area contributed by atoms with Gasteiger partial charge < -0.3 is 10.2 Å². The summed E-state index contributed by atoms with van der Waals surface area (Å²) in [5.41, 5.74) is 0.551. The van der Waals surface area contributed by atoms with Gasteiger partial charge in [-0.05, 0) is 31.2 Å². The van der Waals surface area contributed by atoms with Crippen molar-refractivity contribution in [1.29, 1.82) is 0 Å². The first-order valence-electron chi connectivity index (χ1n) is 5.45. The number of hydrogen-bond donors (Lipinski definition) is 1. The zero-order valence-electron chi connectivity index (χ0n) is 9.24. The zero-order valence-corrected chi connectivity index (χ0v) is 9.24. The van der Waals surface area contributed by atoms with E-state index in [1.807, 2.05) is 6.92 Å². The Morgan fingerprint density at radius 3 is 2.75 bits per heavy atom. The average molecular weight is 222 g/mol. The van der Waals surface area contributed by atoms with E-state index < -0.39 is 0 Å². The molecule has 16 heavy (non-hydrogen) atoms. The van der Waals surface area contributed by atoms with Gasteiger partial charge in [-0.3, -0.25) is 4.79 Å². The Kier molecular flexibility index (Phi) is 3.19. The molecule has 1 N–H and O–H groups in total. The first-order valence-corrected chi connectivity index (χ1v) is 5.45. The zero-order chi connectivity index (χ0) is 11.5. The quantitative estimate of drug-likeness (QED) is 0.776. The molecule has 0 spiro atoms. The molecule has 1 saturated heterocycles. The third-order valence-corrected chi connectivity index (χ3v) is 2.75. The fourth-order valence-corrected chi connectivity index (χ4v) is 1.89. The van der Waals surface area contributed by atoms with Crippen LogP contribution in [0.5, 0.6) is 0 Å². The second kappa shape index (κ2) is 4.61. The highest BCUT2D eigenvalue weighted by atomic mass is 19.1. The van der Waals surface area contributed by atoms with Crippen molar-refractivity contribution in [2.24, 2.45) is 0 Å². The molecule has 0 radical (unpaired) electrons. The summed E-state index contributed by atoms with van der Waals surface area (Å²) in [4.78, 5) is 13.8. The molecule has 2 rings (SSSR count). The second-order valence-corrected chi connectivity index (χ2v) is 4.11. The van der Waals surface area contributed by atoms with Crippen molar-refractivity contribution in [3.05, 3.63) is 35.6 Å². The first-order chi connectivity index (χ1) is 7.66. The van der Waals surface area contributed by atoms with E-state index in [0.717, 1.165) is 6.54 Å². The predicted octanol–water partition coefficient (Wildman–Crippen LogP) is 1.26. The molecule has 0 aliphatic carbocycles. The lowest BCUT2D eigenvalue weighted by atomic mass is 10.1. The fourth-order valence-electron chi connectivity index (χ4n) is 1.89. The summed E-state index contributed by atoms with van der Waals surface area (Å²) in [6, 6.07) is 6.02. The first kappa shape index (κ1) is 11.1. The van der Waals surface area contributed by atoms with Gasteiger partial charge in [0.25, 0.3) is 5.91 Å². The van der Waals surface area contributed by atoms with Crippen LogP contribution < -0.4 is 5.32 Å². The van der Waals surface area contributed by atoms with E-state index in [4.69, 9.17) is 0 Å². The molecule has 1 aromatic rings. The lowest BCUT2D eigenvalue weighted by Crippen LogP contribution is -2.51. The maximum atomic E-state index is 12.7. The van der Waals surface area contributed by atoms with Crippen LogP contribution in [0.1, 0.15) is 17.3 Å². The molecule has 4 heteroatoms. The molecule has 0 unspecified atom stereocenters. The molecule has 1 aliphatic heterocycles. The normalized spacial score (nSPS) is 20.9. The minimum atomic E-state index is -0.315. The largest absolute Gasteiger partial charge is 0.336 e. The number of nitrogens with zero attached hydrogens (tertiary/aromatic N) is 1. The summed E-state index contributed by atoms with van der Waals surface area (Å²) < 4.78 is 12.7. The number of hydrogen-bond acceptors (Lipinski definition) is 2. The predicted molar refractivity (Wildman–Crippen MR) is 59.8 cm³/mol. The highest BCUT2D eigenvalue weighted by Gasteiger charge is 2.21. The Hall–Kier alpha value is -1.42. The van der Waals surface area contributed by atoms with E-state index in [1.54, 1.807) is 4.90 Å². The van der Waals surface area contributed by atoms with Crippen LogP contribution in [0, 0.1) is 5.82 Å². The number of piperazine rings is 1. The molecule has 1 heterocycles. The van der Waals surface area contributed by atoms with Crippen LogP contribution >= 0.6 is 0 Å². The maximum absolute atomic E-state index is 12.7. The molecule has 1 aliphatic rings. The number of halogens is 1. The Balaban J connectivity index is 2.09. The van der Waals surface area contributed by atoms with Crippen molar-refractivity contribution in [1.82, 2.24) is 10.2 Å². The van der Waals surface area contributed by atoms with Gasteiger partial charge in [0.1, 0.15) is 5.82 Å². The molecular formula is C12H15FN2O. The smallest absolute Gasteiger partial charge is 0.253 e. The van der Waals surface area contributed by atoms with Gasteiger partial charge in [0.05, 0.1) is 0 Å². The summed E-state index contributed by atoms with van der Waals surface area (Å²) in [7, 11) is 0. The second-order valence-electron chi connectivity index (χ2n) is 4.11. The maximum Gasteiger partial charge on any atom is 0.253 e. The molecule has 0 saturated carbocycles. The Labute approximate surface area is 94.3 Å². The van der Waals surface area contributed by atoms with E-state index >= 15 is 0 Å². The third kappa shape index (κ3) is 2.39. The summed E-state index contributed by atoms with van der Waals surface area (Å²) in [5, 5.41) is 3.27. The number of carbonyl (C=O) groups is 1. The van der Waals surface area contributed by atoms with Gasteiger partial charge in [0, 0.05) is 31.2 Å². The van der Waals surface area contributed by atoms with Crippen LogP contribution in [0.3, 0.4) is 0 Å². The number of carbonyl (C=O) groups excluding carboxylic acids is 1. The van der Waals surface area contributed by atoms with Crippen LogP contribution in [-0.4, -0.2) is 36.5 Å². The van der Waals surface area contributed by atoms with Crippen molar-refractivity contribution in [3.63, 3.8) is 0 Å². The van der Waals surface area contributed by atoms with Crippen LogP contribution in [0.15, 0.2) is 24.3 Å². The van der Waals surface area contributed by atoms with Crippen molar-refractivity contribution >= 4 is 5.91 Å². The van der Waals surface area contributed by atoms with Crippen LogP contribution in [-0.2, 0) is 0 Å². The topological polar surface area (TPSA) is 32.3 Å². The average Bonchev–Trinajstić information content (AvgIpc) is 2.29. The van der Waals surface area contributed by atoms with E-state index in [1.165, 1.54) is 24.3 Å². The SMILES string of the molecule is C[C@H]1CN(C(=O)c2ccc(F)cc2)CCN1. The van der Waals surface area contributed by atoms with E-state index in [0.29, 0.717) is 24.7 Å². The molecule has 0 aromatic heterocycles. The molecular weight excluding hydrogens is 207 g/mol. The van der Waals surface area contributed by atoms with Crippen molar-refractivity contribution in [2.75, 3.05) is 19.6 Å². The van der Waals surface area contributed by atoms with Gasteiger partial charge in [-0.25, -0.2) is 4.39 Å². The molecule has 1 atom stereocenters. The molecule has 0 bridgehead atoms. The van der Waals surface area contributed by atoms with Crippen LogP contribution in [0.25, 0.3) is 0 Å². The monoisotopic (exact) mass is 222 g/mol. The van der Waals surface area contributed by atoms with Crippen LogP contribution in [0.4, 0.5) is 4.39 Å². The summed E-state index contributed by atoms with van der Waals surface area (Å²) >= 11 is 0. The van der Waals surface area contributed by atoms with Gasteiger partial charge in [-0.15, -0.1) is 0 Å². The molecule has 1 aromatic carbocycles. The number of amides is 1. The highest BCUT2D eigenvalue weighted by molar-refractivity contribution is 5.94. The molecule has 1 fully saturated rings. The number of nitrogens with one attached hydrogen (secondary N) is 1. The van der Waals surface area contributed by atoms with E-state index in [9.17, 15) is 9.18 Å². The summed E-state index contributed by atoms with van der Waals surface area (Å²) in [5.74, 6) is -0.335. The van der Waals surface area contributed by atoms with E-state index in [2.05, 4.69) is 5.32 Å². The van der Waals surface area contributed by atoms with E-state index in [-0.39, 0.29) is 11.7 Å². The minimum Gasteiger partial charge on any atom is -0.336 e. The Morgan fingerprint density at radius 1 is 1.44 bits per heavy atom. The summed E-state index contributed by atoms with van der Waals surface area (Å²) in [6.45, 7) is 4.27. The fraction of sp³-hybridized carbons (Fsp3) is 0.417. The lowest BCUT2D eigenvalue weighted by Gasteiger charge is -2.31. The molecule has 1 amide bonds. The minimum absolute atomic E-state index is 0.0200. The van der Waals surface area contributed by atoms with Gasteiger partial charge in [0.15, 0.2) is 0 Å². The standard InChI is InChI=1S/C12H15FN2O/c1-9-8-15(7-6-14-9)12(16)10-2-4-11(13)5-3-10/h2-5,9,14H,6-8H2,1H3/t9-/m0/s1. The third-order valence-electron chi connectivity index (χ3n) is 2.75.